The van der Waals surface area contributed by atoms with Gasteiger partial charge in [-0.05, 0) is 72.5 Å². The molecule has 5 heterocycles. The number of oxazole rings is 1. The molecule has 0 atom stereocenters. The van der Waals surface area contributed by atoms with Crippen LogP contribution in [0, 0.1) is 0 Å². The molecule has 2 N–H and O–H groups in total. The molecule has 0 aliphatic carbocycles. The van der Waals surface area contributed by atoms with E-state index in [2.05, 4.69) is 47.7 Å². The second kappa shape index (κ2) is 19.1. The molecule has 7 aromatic rings. The zero-order valence-electron chi connectivity index (χ0n) is 30.6. The van der Waals surface area contributed by atoms with Crippen molar-refractivity contribution >= 4 is 40.6 Å². The maximum absolute atomic E-state index is 10.9. The van der Waals surface area contributed by atoms with Crippen LogP contribution < -0.4 is 29.6 Å². The topological polar surface area (TPSA) is 156 Å². The number of methoxy groups -OCH3 is 4. The van der Waals surface area contributed by atoms with Gasteiger partial charge in [-0.3, -0.25) is 4.79 Å². The molecule has 0 saturated heterocycles. The SMILES string of the molecule is COc1ccc(CCNc2cc(-c3ccc(-c4cnco4)s3)nc(OC)n2)cc1.COc1ccc(CCNc2cc(-c3ccc(C=O)s3)nc(OC)n2)cc1. The van der Waals surface area contributed by atoms with Gasteiger partial charge in [0.2, 0.25) is 0 Å². The van der Waals surface area contributed by atoms with Crippen molar-refractivity contribution in [2.75, 3.05) is 52.2 Å². The van der Waals surface area contributed by atoms with E-state index in [0.717, 1.165) is 81.3 Å². The standard InChI is InChI=1S/C21H20N4O3S.C19H19N3O3S/c1-26-15-5-3-14(4-6-15)9-10-23-20-11-16(24-21(25-20)27-2)18-7-8-19(29-18)17-12-22-13-28-17;1-24-14-5-3-13(4-6-14)9-10-20-18-11-16(21-19(22-18)25-2)17-8-7-15(12-23)26-17/h3-8,11-13H,9-10H2,1-2H3,(H,23,24,25);3-8,11-12H,9-10H2,1-2H3,(H,20,21,22). The minimum Gasteiger partial charge on any atom is -0.497 e. The number of hydrogen-bond acceptors (Lipinski definition) is 15. The predicted molar refractivity (Wildman–Crippen MR) is 215 cm³/mol. The lowest BCUT2D eigenvalue weighted by Crippen LogP contribution is -2.07. The molecule has 5 aromatic heterocycles. The van der Waals surface area contributed by atoms with E-state index in [1.54, 1.807) is 44.9 Å². The number of hydrogen-bond donors (Lipinski definition) is 2. The molecule has 13 nitrogen and oxygen atoms in total. The monoisotopic (exact) mass is 777 g/mol. The maximum Gasteiger partial charge on any atom is 0.318 e. The number of benzene rings is 2. The Morgan fingerprint density at radius 3 is 1.58 bits per heavy atom. The molecular formula is C40H39N7O6S2. The van der Waals surface area contributed by atoms with Gasteiger partial charge in [0.25, 0.3) is 0 Å². The summed E-state index contributed by atoms with van der Waals surface area (Å²) in [5.41, 5.74) is 3.93. The third kappa shape index (κ3) is 10.6. The first kappa shape index (κ1) is 38.4. The fourth-order valence-corrected chi connectivity index (χ4v) is 6.92. The van der Waals surface area contributed by atoms with Gasteiger partial charge in [-0.2, -0.15) is 19.9 Å². The smallest absolute Gasteiger partial charge is 0.318 e. The van der Waals surface area contributed by atoms with E-state index in [9.17, 15) is 4.79 Å². The third-order valence-corrected chi connectivity index (χ3v) is 10.2. The van der Waals surface area contributed by atoms with Crippen LogP contribution in [0.2, 0.25) is 0 Å². The first-order valence-electron chi connectivity index (χ1n) is 17.1. The van der Waals surface area contributed by atoms with E-state index in [4.69, 9.17) is 23.4 Å². The number of carbonyl (C=O) groups is 1. The highest BCUT2D eigenvalue weighted by Gasteiger charge is 2.13. The van der Waals surface area contributed by atoms with Gasteiger partial charge in [0.15, 0.2) is 18.4 Å². The van der Waals surface area contributed by atoms with Crippen molar-refractivity contribution in [2.45, 2.75) is 12.8 Å². The van der Waals surface area contributed by atoms with Crippen LogP contribution in [0.3, 0.4) is 0 Å². The van der Waals surface area contributed by atoms with E-state index in [1.165, 1.54) is 36.0 Å². The predicted octanol–water partition coefficient (Wildman–Crippen LogP) is 8.22. The van der Waals surface area contributed by atoms with Crippen LogP contribution in [0.1, 0.15) is 20.8 Å². The van der Waals surface area contributed by atoms with E-state index in [0.29, 0.717) is 16.7 Å². The Bertz CT molecular complexity index is 2260. The van der Waals surface area contributed by atoms with Crippen molar-refractivity contribution in [1.29, 1.82) is 0 Å². The maximum atomic E-state index is 10.9. The minimum absolute atomic E-state index is 0.288. The lowest BCUT2D eigenvalue weighted by molar-refractivity contribution is 0.112. The molecule has 282 valence electrons. The van der Waals surface area contributed by atoms with E-state index in [-0.39, 0.29) is 6.01 Å². The summed E-state index contributed by atoms with van der Waals surface area (Å²) in [7, 11) is 6.42. The van der Waals surface area contributed by atoms with Crippen molar-refractivity contribution < 1.29 is 28.2 Å². The molecule has 7 rings (SSSR count). The highest BCUT2D eigenvalue weighted by atomic mass is 32.1. The Labute approximate surface area is 326 Å². The van der Waals surface area contributed by atoms with Gasteiger partial charge >= 0.3 is 12.0 Å². The lowest BCUT2D eigenvalue weighted by atomic mass is 10.1. The molecule has 0 unspecified atom stereocenters. The summed E-state index contributed by atoms with van der Waals surface area (Å²) in [6, 6.07) is 28.1. The highest BCUT2D eigenvalue weighted by molar-refractivity contribution is 7.18. The van der Waals surface area contributed by atoms with Crippen LogP contribution in [0.25, 0.3) is 31.8 Å². The molecule has 0 amide bonds. The van der Waals surface area contributed by atoms with Crippen molar-refractivity contribution in [2.24, 2.45) is 0 Å². The number of aromatic nitrogens is 5. The Kier molecular flexibility index (Phi) is 13.4. The Balaban J connectivity index is 0.000000188. The van der Waals surface area contributed by atoms with Gasteiger partial charge < -0.3 is 34.0 Å². The van der Waals surface area contributed by atoms with Crippen LogP contribution in [0.4, 0.5) is 11.6 Å². The molecule has 15 heteroatoms. The fourth-order valence-electron chi connectivity index (χ4n) is 5.22. The van der Waals surface area contributed by atoms with Crippen molar-refractivity contribution in [1.82, 2.24) is 24.9 Å². The summed E-state index contributed by atoms with van der Waals surface area (Å²) < 4.78 is 26.2. The van der Waals surface area contributed by atoms with Crippen molar-refractivity contribution in [3.05, 3.63) is 114 Å². The molecule has 55 heavy (non-hydrogen) atoms. The first-order chi connectivity index (χ1) is 27.0. The van der Waals surface area contributed by atoms with Gasteiger partial charge in [-0.25, -0.2) is 4.98 Å². The number of nitrogens with zero attached hydrogens (tertiary/aromatic N) is 5. The first-order valence-corrected chi connectivity index (χ1v) is 18.7. The second-order valence-electron chi connectivity index (χ2n) is 11.6. The molecule has 2 aromatic carbocycles. The van der Waals surface area contributed by atoms with E-state index in [1.807, 2.05) is 66.7 Å². The zero-order chi connectivity index (χ0) is 38.4. The van der Waals surface area contributed by atoms with Crippen molar-refractivity contribution in [3.8, 4) is 55.3 Å². The number of aldehydes is 1. The number of thiophene rings is 2. The number of ether oxygens (including phenoxy) is 4. The normalized spacial score (nSPS) is 10.5. The fraction of sp³-hybridized carbons (Fsp3) is 0.200. The molecule has 0 aliphatic heterocycles. The molecule has 0 aliphatic rings. The van der Waals surface area contributed by atoms with E-state index < -0.39 is 0 Å². The van der Waals surface area contributed by atoms with Crippen molar-refractivity contribution in [3.63, 3.8) is 0 Å². The summed E-state index contributed by atoms with van der Waals surface area (Å²) in [4.78, 5) is 36.0. The summed E-state index contributed by atoms with van der Waals surface area (Å²) in [5.74, 6) is 3.83. The van der Waals surface area contributed by atoms with Gasteiger partial charge in [0.1, 0.15) is 23.1 Å². The second-order valence-corrected chi connectivity index (χ2v) is 13.8. The van der Waals surface area contributed by atoms with Gasteiger partial charge in [-0.1, -0.05) is 24.3 Å². The number of rotatable bonds is 16. The van der Waals surface area contributed by atoms with Crippen LogP contribution in [0.15, 0.2) is 102 Å². The van der Waals surface area contributed by atoms with E-state index >= 15 is 0 Å². The van der Waals surface area contributed by atoms with Gasteiger partial charge in [0, 0.05) is 25.2 Å². The molecule has 0 bridgehead atoms. The number of carbonyl (C=O) groups excluding carboxylic acids is 1. The third-order valence-electron chi connectivity index (χ3n) is 8.06. The zero-order valence-corrected chi connectivity index (χ0v) is 32.3. The Morgan fingerprint density at radius 1 is 0.618 bits per heavy atom. The summed E-state index contributed by atoms with van der Waals surface area (Å²) >= 11 is 2.96. The number of nitrogens with one attached hydrogen (secondary N) is 2. The molecule has 0 fully saturated rings. The van der Waals surface area contributed by atoms with Gasteiger partial charge in [0.05, 0.1) is 65.5 Å². The minimum atomic E-state index is 0.288. The summed E-state index contributed by atoms with van der Waals surface area (Å²) in [5, 5.41) is 6.65. The number of anilines is 2. The van der Waals surface area contributed by atoms with Crippen LogP contribution in [-0.4, -0.2) is 72.7 Å². The summed E-state index contributed by atoms with van der Waals surface area (Å²) in [6.07, 6.45) is 5.66. The van der Waals surface area contributed by atoms with Crippen LogP contribution >= 0.6 is 22.7 Å². The molecule has 0 radical (unpaired) electrons. The molecule has 0 spiro atoms. The largest absolute Gasteiger partial charge is 0.497 e. The quantitative estimate of drug-likeness (QED) is 0.0906. The van der Waals surface area contributed by atoms with Crippen LogP contribution in [-0.2, 0) is 12.8 Å². The Hall–Kier alpha value is -6.32. The van der Waals surface area contributed by atoms with Crippen LogP contribution in [0.5, 0.6) is 23.5 Å². The highest BCUT2D eigenvalue weighted by Crippen LogP contribution is 2.35. The molecular weight excluding hydrogens is 739 g/mol. The average Bonchev–Trinajstić information content (AvgIpc) is 4.05. The average molecular weight is 778 g/mol. The summed E-state index contributed by atoms with van der Waals surface area (Å²) in [6.45, 7) is 1.45. The molecule has 0 saturated carbocycles. The van der Waals surface area contributed by atoms with Gasteiger partial charge in [-0.15, -0.1) is 22.7 Å². The lowest BCUT2D eigenvalue weighted by Gasteiger charge is -2.09. The Morgan fingerprint density at radius 2 is 1.13 bits per heavy atom.